The summed E-state index contributed by atoms with van der Waals surface area (Å²) in [5.41, 5.74) is 2.99. The van der Waals surface area contributed by atoms with E-state index in [4.69, 9.17) is 0 Å². The van der Waals surface area contributed by atoms with Crippen molar-refractivity contribution in [2.24, 2.45) is 11.3 Å². The Morgan fingerprint density at radius 3 is 2.46 bits per heavy atom. The zero-order valence-corrected chi connectivity index (χ0v) is 16.6. The summed E-state index contributed by atoms with van der Waals surface area (Å²) in [5, 5.41) is 5.67. The van der Waals surface area contributed by atoms with Crippen LogP contribution in [0.4, 0.5) is 11.4 Å². The summed E-state index contributed by atoms with van der Waals surface area (Å²) >= 11 is 1.61. The molecular formula is C21H26N2O2S. The largest absolute Gasteiger partial charge is 0.326 e. The maximum Gasteiger partial charge on any atom is 0.265 e. The van der Waals surface area contributed by atoms with Gasteiger partial charge in [-0.25, -0.2) is 0 Å². The second-order valence-corrected chi connectivity index (χ2v) is 9.22. The van der Waals surface area contributed by atoms with Crippen LogP contribution >= 0.6 is 11.3 Å². The first kappa shape index (κ1) is 18.6. The van der Waals surface area contributed by atoms with Crippen LogP contribution in [0.2, 0.25) is 0 Å². The number of hydrogen-bond donors (Lipinski definition) is 2. The first-order chi connectivity index (χ1) is 12.2. The molecule has 1 unspecified atom stereocenters. The number of rotatable bonds is 3. The molecule has 1 aromatic heterocycles. The fourth-order valence-electron chi connectivity index (χ4n) is 3.45. The van der Waals surface area contributed by atoms with Crippen molar-refractivity contribution in [2.75, 3.05) is 10.6 Å². The Morgan fingerprint density at radius 1 is 1.12 bits per heavy atom. The van der Waals surface area contributed by atoms with Crippen LogP contribution in [0.25, 0.3) is 0 Å². The molecule has 1 aliphatic rings. The molecule has 2 aromatic rings. The molecule has 1 atom stereocenters. The number of benzene rings is 1. The minimum absolute atomic E-state index is 0.0864. The number of aryl methyl sites for hydroxylation is 1. The van der Waals surface area contributed by atoms with Gasteiger partial charge in [-0.1, -0.05) is 26.8 Å². The van der Waals surface area contributed by atoms with E-state index in [0.29, 0.717) is 22.7 Å². The number of fused-ring (bicyclic) bond motifs is 1. The van der Waals surface area contributed by atoms with Crippen LogP contribution in [0.1, 0.15) is 54.2 Å². The molecule has 0 radical (unpaired) electrons. The maximum absolute atomic E-state index is 12.7. The number of nitrogens with one attached hydrogen (secondary N) is 2. The number of thiophene rings is 1. The molecule has 138 valence electrons. The van der Waals surface area contributed by atoms with Gasteiger partial charge in [-0.15, -0.1) is 11.3 Å². The van der Waals surface area contributed by atoms with Crippen molar-refractivity contribution >= 4 is 34.5 Å². The molecule has 2 N–H and O–H groups in total. The van der Waals surface area contributed by atoms with E-state index in [0.717, 1.165) is 17.7 Å². The third kappa shape index (κ3) is 4.33. The van der Waals surface area contributed by atoms with E-state index in [1.807, 2.05) is 12.1 Å². The van der Waals surface area contributed by atoms with Gasteiger partial charge in [0.15, 0.2) is 0 Å². The van der Waals surface area contributed by atoms with Gasteiger partial charge in [-0.2, -0.15) is 0 Å². The van der Waals surface area contributed by atoms with E-state index in [1.54, 1.807) is 23.5 Å². The summed E-state index contributed by atoms with van der Waals surface area (Å²) in [6.45, 7) is 8.35. The van der Waals surface area contributed by atoms with E-state index in [2.05, 4.69) is 37.5 Å². The third-order valence-corrected chi connectivity index (χ3v) is 6.21. The van der Waals surface area contributed by atoms with Gasteiger partial charge >= 0.3 is 0 Å². The molecule has 1 heterocycles. The van der Waals surface area contributed by atoms with E-state index >= 15 is 0 Å². The molecule has 4 nitrogen and oxygen atoms in total. The molecule has 26 heavy (non-hydrogen) atoms. The van der Waals surface area contributed by atoms with Gasteiger partial charge in [-0.3, -0.25) is 9.59 Å². The minimum atomic E-state index is -0.132. The predicted molar refractivity (Wildman–Crippen MR) is 108 cm³/mol. The lowest BCUT2D eigenvalue weighted by atomic mass is 9.72. The van der Waals surface area contributed by atoms with E-state index in [1.165, 1.54) is 23.8 Å². The summed E-state index contributed by atoms with van der Waals surface area (Å²) in [6.07, 6.45) is 3.31. The second-order valence-electron chi connectivity index (χ2n) is 8.08. The van der Waals surface area contributed by atoms with Crippen LogP contribution in [0.3, 0.4) is 0 Å². The Bertz CT molecular complexity index is 833. The van der Waals surface area contributed by atoms with Gasteiger partial charge in [0.05, 0.1) is 4.88 Å². The molecule has 2 amide bonds. The molecule has 5 heteroatoms. The Hall–Kier alpha value is -2.14. The molecule has 0 saturated carbocycles. The summed E-state index contributed by atoms with van der Waals surface area (Å²) < 4.78 is 0. The highest BCUT2D eigenvalue weighted by Gasteiger charge is 2.30. The van der Waals surface area contributed by atoms with Crippen molar-refractivity contribution in [2.45, 2.75) is 47.0 Å². The molecule has 0 fully saturated rings. The fourth-order valence-corrected chi connectivity index (χ4v) is 4.55. The highest BCUT2D eigenvalue weighted by molar-refractivity contribution is 7.14. The number of carbonyl (C=O) groups is 2. The zero-order chi connectivity index (χ0) is 18.9. The number of anilines is 2. The van der Waals surface area contributed by atoms with Crippen molar-refractivity contribution in [1.82, 2.24) is 0 Å². The van der Waals surface area contributed by atoms with Gasteiger partial charge in [0.25, 0.3) is 5.91 Å². The Kier molecular flexibility index (Phi) is 5.19. The van der Waals surface area contributed by atoms with Crippen molar-refractivity contribution in [3.63, 3.8) is 0 Å². The van der Waals surface area contributed by atoms with E-state index in [-0.39, 0.29) is 11.8 Å². The quantitative estimate of drug-likeness (QED) is 0.789. The summed E-state index contributed by atoms with van der Waals surface area (Å²) in [5.74, 6) is 0.444. The fraction of sp³-hybridized carbons (Fsp3) is 0.429. The summed E-state index contributed by atoms with van der Waals surface area (Å²) in [4.78, 5) is 25.9. The number of carbonyl (C=O) groups excluding carboxylic acids is 2. The van der Waals surface area contributed by atoms with E-state index in [9.17, 15) is 9.59 Å². The lowest BCUT2D eigenvalue weighted by Gasteiger charge is -2.33. The van der Waals surface area contributed by atoms with Gasteiger partial charge in [0.2, 0.25) is 5.91 Å². The van der Waals surface area contributed by atoms with Crippen LogP contribution in [-0.2, 0) is 17.6 Å². The minimum Gasteiger partial charge on any atom is -0.326 e. The average Bonchev–Trinajstić information content (AvgIpc) is 2.97. The highest BCUT2D eigenvalue weighted by Crippen LogP contribution is 2.40. The van der Waals surface area contributed by atoms with Crippen LogP contribution in [0.5, 0.6) is 0 Å². The van der Waals surface area contributed by atoms with Gasteiger partial charge in [0, 0.05) is 23.2 Å². The van der Waals surface area contributed by atoms with Crippen molar-refractivity contribution < 1.29 is 9.59 Å². The molecule has 0 saturated heterocycles. The smallest absolute Gasteiger partial charge is 0.265 e. The standard InChI is InChI=1S/C21H26N2O2S/c1-13(24)22-16-6-5-7-17(12-16)23-20(25)19-11-14-10-15(21(2,3)4)8-9-18(14)26-19/h5-7,11-12,15H,8-10H2,1-4H3,(H,22,24)(H,23,25). The van der Waals surface area contributed by atoms with E-state index < -0.39 is 0 Å². The monoisotopic (exact) mass is 370 g/mol. The summed E-state index contributed by atoms with van der Waals surface area (Å²) in [6, 6.07) is 9.27. The number of hydrogen-bond acceptors (Lipinski definition) is 3. The molecule has 1 aromatic carbocycles. The van der Waals surface area contributed by atoms with Crippen molar-refractivity contribution in [3.8, 4) is 0 Å². The zero-order valence-electron chi connectivity index (χ0n) is 15.8. The molecular weight excluding hydrogens is 344 g/mol. The Labute approximate surface area is 159 Å². The van der Waals surface area contributed by atoms with Crippen LogP contribution in [0, 0.1) is 11.3 Å². The first-order valence-electron chi connectivity index (χ1n) is 9.03. The topological polar surface area (TPSA) is 58.2 Å². The van der Waals surface area contributed by atoms with Crippen LogP contribution < -0.4 is 10.6 Å². The normalized spacial score (nSPS) is 16.7. The van der Waals surface area contributed by atoms with Gasteiger partial charge < -0.3 is 10.6 Å². The highest BCUT2D eigenvalue weighted by atomic mass is 32.1. The van der Waals surface area contributed by atoms with Crippen molar-refractivity contribution in [3.05, 3.63) is 45.6 Å². The second kappa shape index (κ2) is 7.23. The van der Waals surface area contributed by atoms with Gasteiger partial charge in [0.1, 0.15) is 0 Å². The summed E-state index contributed by atoms with van der Waals surface area (Å²) in [7, 11) is 0. The Morgan fingerprint density at radius 2 is 1.81 bits per heavy atom. The predicted octanol–water partition coefficient (Wildman–Crippen LogP) is 5.11. The first-order valence-corrected chi connectivity index (χ1v) is 9.84. The van der Waals surface area contributed by atoms with Gasteiger partial charge in [-0.05, 0) is 60.4 Å². The molecule has 3 rings (SSSR count). The third-order valence-electron chi connectivity index (χ3n) is 4.97. The van der Waals surface area contributed by atoms with Crippen LogP contribution in [0.15, 0.2) is 30.3 Å². The lowest BCUT2D eigenvalue weighted by molar-refractivity contribution is -0.114. The molecule has 0 spiro atoms. The maximum atomic E-state index is 12.7. The number of amides is 2. The SMILES string of the molecule is CC(=O)Nc1cccc(NC(=O)c2cc3c(s2)CCC(C(C)(C)C)C3)c1. The molecule has 1 aliphatic carbocycles. The van der Waals surface area contributed by atoms with Crippen LogP contribution in [-0.4, -0.2) is 11.8 Å². The Balaban J connectivity index is 1.72. The average molecular weight is 371 g/mol. The molecule has 0 bridgehead atoms. The van der Waals surface area contributed by atoms with Crippen molar-refractivity contribution in [1.29, 1.82) is 0 Å². The molecule has 0 aliphatic heterocycles. The lowest BCUT2D eigenvalue weighted by Crippen LogP contribution is -2.26.